The van der Waals surface area contributed by atoms with Crippen molar-refractivity contribution in [3.8, 4) is 5.75 Å². The largest absolute Gasteiger partial charge is 0.496 e. The van der Waals surface area contributed by atoms with Gasteiger partial charge in [0.25, 0.3) is 0 Å². The van der Waals surface area contributed by atoms with Crippen LogP contribution in [0.5, 0.6) is 5.75 Å². The molecular formula is C14H14BrNO2S. The highest BCUT2D eigenvalue weighted by molar-refractivity contribution is 9.10. The first-order chi connectivity index (χ1) is 9.08. The lowest BCUT2D eigenvalue weighted by Crippen LogP contribution is -2.08. The van der Waals surface area contributed by atoms with Gasteiger partial charge in [0.05, 0.1) is 17.8 Å². The molecule has 0 amide bonds. The van der Waals surface area contributed by atoms with E-state index in [9.17, 15) is 4.79 Å². The Morgan fingerprint density at radius 3 is 2.84 bits per heavy atom. The normalized spacial score (nSPS) is 10.5. The van der Waals surface area contributed by atoms with E-state index >= 15 is 0 Å². The summed E-state index contributed by atoms with van der Waals surface area (Å²) in [6, 6.07) is 5.68. The molecule has 0 radical (unpaired) electrons. The maximum Gasteiger partial charge on any atom is 0.143 e. The molecular weight excluding hydrogens is 326 g/mol. The van der Waals surface area contributed by atoms with Gasteiger partial charge in [0.1, 0.15) is 11.5 Å². The molecule has 0 bridgehead atoms. The van der Waals surface area contributed by atoms with Crippen LogP contribution in [-0.2, 0) is 17.6 Å². The monoisotopic (exact) mass is 339 g/mol. The standard InChI is InChI=1S/C14H14BrNO2S/c1-9-16-12(8-19-9)7-13(17)6-10-5-11(15)3-4-14(10)18-2/h3-5,8H,6-7H2,1-2H3. The van der Waals surface area contributed by atoms with Gasteiger partial charge in [-0.05, 0) is 25.1 Å². The van der Waals surface area contributed by atoms with Crippen molar-refractivity contribution in [3.63, 3.8) is 0 Å². The van der Waals surface area contributed by atoms with Crippen LogP contribution >= 0.6 is 27.3 Å². The van der Waals surface area contributed by atoms with Crippen molar-refractivity contribution in [2.24, 2.45) is 0 Å². The van der Waals surface area contributed by atoms with E-state index in [1.165, 1.54) is 0 Å². The Kier molecular flexibility index (Phi) is 4.71. The van der Waals surface area contributed by atoms with E-state index in [2.05, 4.69) is 20.9 Å². The molecule has 0 saturated heterocycles. The lowest BCUT2D eigenvalue weighted by Gasteiger charge is -2.08. The molecule has 3 nitrogen and oxygen atoms in total. The van der Waals surface area contributed by atoms with Crippen LogP contribution in [0.2, 0.25) is 0 Å². The molecule has 2 aromatic rings. The minimum Gasteiger partial charge on any atom is -0.496 e. The van der Waals surface area contributed by atoms with E-state index in [0.717, 1.165) is 26.5 Å². The third-order valence-electron chi connectivity index (χ3n) is 2.67. The quantitative estimate of drug-likeness (QED) is 0.835. The Hall–Kier alpha value is -1.20. The average Bonchev–Trinajstić information content (AvgIpc) is 2.75. The summed E-state index contributed by atoms with van der Waals surface area (Å²) in [4.78, 5) is 16.4. The molecule has 1 heterocycles. The fourth-order valence-electron chi connectivity index (χ4n) is 1.85. The highest BCUT2D eigenvalue weighted by atomic mass is 79.9. The zero-order chi connectivity index (χ0) is 13.8. The summed E-state index contributed by atoms with van der Waals surface area (Å²) in [6.07, 6.45) is 0.735. The summed E-state index contributed by atoms with van der Waals surface area (Å²) in [5.41, 5.74) is 1.75. The van der Waals surface area contributed by atoms with Crippen molar-refractivity contribution < 1.29 is 9.53 Å². The summed E-state index contributed by atoms with van der Waals surface area (Å²) in [5.74, 6) is 0.882. The number of aromatic nitrogens is 1. The molecule has 0 fully saturated rings. The molecule has 19 heavy (non-hydrogen) atoms. The Morgan fingerprint density at radius 2 is 2.21 bits per heavy atom. The number of thiazole rings is 1. The van der Waals surface area contributed by atoms with Crippen LogP contribution < -0.4 is 4.74 Å². The molecule has 0 aliphatic carbocycles. The van der Waals surface area contributed by atoms with Gasteiger partial charge in [-0.1, -0.05) is 15.9 Å². The predicted octanol–water partition coefficient (Wildman–Crippen LogP) is 3.58. The lowest BCUT2D eigenvalue weighted by molar-refractivity contribution is -0.117. The zero-order valence-electron chi connectivity index (χ0n) is 10.8. The van der Waals surface area contributed by atoms with Gasteiger partial charge in [-0.2, -0.15) is 0 Å². The smallest absolute Gasteiger partial charge is 0.143 e. The first-order valence-corrected chi connectivity index (χ1v) is 7.51. The van der Waals surface area contributed by atoms with Gasteiger partial charge >= 0.3 is 0 Å². The number of benzene rings is 1. The number of hydrogen-bond donors (Lipinski definition) is 0. The van der Waals surface area contributed by atoms with Gasteiger partial charge in [-0.25, -0.2) is 4.98 Å². The van der Waals surface area contributed by atoms with Gasteiger partial charge in [0.2, 0.25) is 0 Å². The van der Waals surface area contributed by atoms with Crippen molar-refractivity contribution in [3.05, 3.63) is 44.3 Å². The third-order valence-corrected chi connectivity index (χ3v) is 3.99. The van der Waals surface area contributed by atoms with Gasteiger partial charge in [-0.15, -0.1) is 11.3 Å². The number of nitrogens with zero attached hydrogens (tertiary/aromatic N) is 1. The second kappa shape index (κ2) is 6.30. The molecule has 0 atom stereocenters. The Morgan fingerprint density at radius 1 is 1.42 bits per heavy atom. The lowest BCUT2D eigenvalue weighted by atomic mass is 10.1. The van der Waals surface area contributed by atoms with Crippen LogP contribution in [0.25, 0.3) is 0 Å². The number of rotatable bonds is 5. The fraction of sp³-hybridized carbons (Fsp3) is 0.286. The summed E-state index contributed by atoms with van der Waals surface area (Å²) in [6.45, 7) is 1.94. The maximum atomic E-state index is 12.1. The van der Waals surface area contributed by atoms with Crippen molar-refractivity contribution in [2.75, 3.05) is 7.11 Å². The van der Waals surface area contributed by atoms with Crippen molar-refractivity contribution in [2.45, 2.75) is 19.8 Å². The van der Waals surface area contributed by atoms with Crippen molar-refractivity contribution >= 4 is 33.0 Å². The van der Waals surface area contributed by atoms with E-state index < -0.39 is 0 Å². The predicted molar refractivity (Wildman–Crippen MR) is 80.0 cm³/mol. The van der Waals surface area contributed by atoms with Gasteiger partial charge in [0, 0.05) is 28.3 Å². The number of hydrogen-bond acceptors (Lipinski definition) is 4. The molecule has 0 spiro atoms. The van der Waals surface area contributed by atoms with Gasteiger partial charge in [-0.3, -0.25) is 4.79 Å². The summed E-state index contributed by atoms with van der Waals surface area (Å²) >= 11 is 4.98. The highest BCUT2D eigenvalue weighted by Gasteiger charge is 2.11. The molecule has 0 aliphatic heterocycles. The van der Waals surface area contributed by atoms with Crippen molar-refractivity contribution in [1.29, 1.82) is 0 Å². The molecule has 0 aliphatic rings. The van der Waals surface area contributed by atoms with E-state index in [4.69, 9.17) is 4.74 Å². The second-order valence-electron chi connectivity index (χ2n) is 4.21. The molecule has 2 rings (SSSR count). The number of carbonyl (C=O) groups excluding carboxylic acids is 1. The number of halogens is 1. The van der Waals surface area contributed by atoms with Crippen LogP contribution in [-0.4, -0.2) is 17.9 Å². The SMILES string of the molecule is COc1ccc(Br)cc1CC(=O)Cc1csc(C)n1. The van der Waals surface area contributed by atoms with Crippen LogP contribution in [0.15, 0.2) is 28.1 Å². The number of Topliss-reactive ketones (excluding diaryl/α,β-unsaturated/α-hetero) is 1. The Bertz CT molecular complexity index is 595. The van der Waals surface area contributed by atoms with Crippen LogP contribution in [0, 0.1) is 6.92 Å². The second-order valence-corrected chi connectivity index (χ2v) is 6.18. The van der Waals surface area contributed by atoms with E-state index in [1.54, 1.807) is 18.4 Å². The summed E-state index contributed by atoms with van der Waals surface area (Å²) in [7, 11) is 1.61. The average molecular weight is 340 g/mol. The fourth-order valence-corrected chi connectivity index (χ4v) is 2.87. The molecule has 0 saturated carbocycles. The molecule has 0 N–H and O–H groups in total. The molecule has 0 unspecified atom stereocenters. The van der Waals surface area contributed by atoms with Crippen LogP contribution in [0.1, 0.15) is 16.3 Å². The number of methoxy groups -OCH3 is 1. The summed E-state index contributed by atoms with van der Waals surface area (Å²) in [5, 5.41) is 2.92. The Labute approximate surface area is 124 Å². The number of carbonyl (C=O) groups is 1. The van der Waals surface area contributed by atoms with E-state index in [1.807, 2.05) is 30.5 Å². The molecule has 1 aromatic heterocycles. The van der Waals surface area contributed by atoms with Gasteiger partial charge in [0.15, 0.2) is 0 Å². The topological polar surface area (TPSA) is 39.2 Å². The van der Waals surface area contributed by atoms with Crippen molar-refractivity contribution in [1.82, 2.24) is 4.98 Å². The Balaban J connectivity index is 2.08. The first kappa shape index (κ1) is 14.2. The molecule has 100 valence electrons. The van der Waals surface area contributed by atoms with E-state index in [-0.39, 0.29) is 5.78 Å². The number of ether oxygens (including phenoxy) is 1. The first-order valence-electron chi connectivity index (χ1n) is 5.83. The van der Waals surface area contributed by atoms with Gasteiger partial charge < -0.3 is 4.74 Å². The number of ketones is 1. The molecule has 1 aromatic carbocycles. The number of aryl methyl sites for hydroxylation is 1. The minimum atomic E-state index is 0.140. The zero-order valence-corrected chi connectivity index (χ0v) is 13.2. The highest BCUT2D eigenvalue weighted by Crippen LogP contribution is 2.24. The van der Waals surface area contributed by atoms with Crippen LogP contribution in [0.3, 0.4) is 0 Å². The third kappa shape index (κ3) is 3.88. The van der Waals surface area contributed by atoms with Crippen LogP contribution in [0.4, 0.5) is 0 Å². The minimum absolute atomic E-state index is 0.140. The maximum absolute atomic E-state index is 12.1. The molecule has 5 heteroatoms. The summed E-state index contributed by atoms with van der Waals surface area (Å²) < 4.78 is 6.21. The van der Waals surface area contributed by atoms with E-state index in [0.29, 0.717) is 12.8 Å².